The van der Waals surface area contributed by atoms with Gasteiger partial charge in [0.2, 0.25) is 0 Å². The van der Waals surface area contributed by atoms with E-state index in [1.807, 2.05) is 0 Å². The van der Waals surface area contributed by atoms with Gasteiger partial charge in [0.1, 0.15) is 5.75 Å². The van der Waals surface area contributed by atoms with Gasteiger partial charge in [-0.2, -0.15) is 0 Å². The third-order valence-corrected chi connectivity index (χ3v) is 4.60. The summed E-state index contributed by atoms with van der Waals surface area (Å²) in [5.74, 6) is 1.01. The molecule has 0 heterocycles. The molecule has 112 valence electrons. The van der Waals surface area contributed by atoms with Gasteiger partial charge in [0.25, 0.3) is 0 Å². The van der Waals surface area contributed by atoms with Crippen LogP contribution in [0.5, 0.6) is 5.75 Å². The van der Waals surface area contributed by atoms with Crippen LogP contribution in [0.3, 0.4) is 0 Å². The number of ether oxygens (including phenoxy) is 1. The molecule has 0 saturated heterocycles. The lowest BCUT2D eigenvalue weighted by Gasteiger charge is -2.18. The molecule has 0 unspecified atom stereocenters. The first-order valence-electron chi connectivity index (χ1n) is 7.83. The van der Waals surface area contributed by atoms with Crippen LogP contribution >= 0.6 is 15.9 Å². The third-order valence-electron chi connectivity index (χ3n) is 3.82. The Morgan fingerprint density at radius 2 is 1.90 bits per heavy atom. The van der Waals surface area contributed by atoms with Gasteiger partial charge in [-0.15, -0.1) is 0 Å². The van der Waals surface area contributed by atoms with Crippen LogP contribution in [0.4, 0.5) is 0 Å². The summed E-state index contributed by atoms with van der Waals surface area (Å²) < 4.78 is 7.34. The van der Waals surface area contributed by atoms with E-state index < -0.39 is 0 Å². The van der Waals surface area contributed by atoms with Crippen molar-refractivity contribution in [2.75, 3.05) is 0 Å². The first kappa shape index (κ1) is 15.8. The average Bonchev–Trinajstić information content (AvgIpc) is 2.68. The van der Waals surface area contributed by atoms with Gasteiger partial charge in [-0.25, -0.2) is 0 Å². The summed E-state index contributed by atoms with van der Waals surface area (Å²) in [4.78, 5) is 0. The van der Waals surface area contributed by atoms with Crippen molar-refractivity contribution in [3.63, 3.8) is 0 Å². The van der Waals surface area contributed by atoms with E-state index in [0.717, 1.165) is 16.8 Å². The Labute approximate surface area is 131 Å². The zero-order valence-corrected chi connectivity index (χ0v) is 14.2. The second-order valence-corrected chi connectivity index (χ2v) is 6.87. The highest BCUT2D eigenvalue weighted by molar-refractivity contribution is 9.10. The molecule has 0 spiro atoms. The molecule has 0 aromatic heterocycles. The van der Waals surface area contributed by atoms with Gasteiger partial charge < -0.3 is 10.1 Å². The fourth-order valence-corrected chi connectivity index (χ4v) is 3.01. The van der Waals surface area contributed by atoms with Crippen molar-refractivity contribution < 1.29 is 4.74 Å². The van der Waals surface area contributed by atoms with Crippen LogP contribution in [-0.4, -0.2) is 12.1 Å². The molecule has 1 fully saturated rings. The molecule has 1 N–H and O–H groups in total. The number of nitrogens with one attached hydrogen (secondary N) is 1. The molecule has 1 aliphatic carbocycles. The normalized spacial score (nSPS) is 17.2. The summed E-state index contributed by atoms with van der Waals surface area (Å²) in [5.41, 5.74) is 1.27. The average molecular weight is 340 g/mol. The van der Waals surface area contributed by atoms with Crippen LogP contribution in [-0.2, 0) is 6.54 Å². The predicted molar refractivity (Wildman–Crippen MR) is 88.2 cm³/mol. The van der Waals surface area contributed by atoms with E-state index in [1.54, 1.807) is 0 Å². The van der Waals surface area contributed by atoms with E-state index in [9.17, 15) is 0 Å². The maximum atomic E-state index is 6.19. The SMILES string of the molecule is CC(C)NCc1cc(OC2CCCCCC2)ccc1Br. The molecule has 0 amide bonds. The molecule has 2 rings (SSSR count). The summed E-state index contributed by atoms with van der Waals surface area (Å²) in [6, 6.07) is 6.84. The molecular weight excluding hydrogens is 314 g/mol. The van der Waals surface area contributed by atoms with Crippen LogP contribution in [0.1, 0.15) is 57.9 Å². The van der Waals surface area contributed by atoms with Gasteiger partial charge in [-0.1, -0.05) is 42.6 Å². The van der Waals surface area contributed by atoms with Crippen molar-refractivity contribution >= 4 is 15.9 Å². The number of hydrogen-bond acceptors (Lipinski definition) is 2. The molecule has 1 aromatic rings. The quantitative estimate of drug-likeness (QED) is 0.758. The molecule has 20 heavy (non-hydrogen) atoms. The maximum absolute atomic E-state index is 6.19. The summed E-state index contributed by atoms with van der Waals surface area (Å²) in [6.45, 7) is 5.21. The Kier molecular flexibility index (Phi) is 6.37. The van der Waals surface area contributed by atoms with Gasteiger partial charge in [-0.3, -0.25) is 0 Å². The highest BCUT2D eigenvalue weighted by atomic mass is 79.9. The van der Waals surface area contributed by atoms with Crippen molar-refractivity contribution in [3.05, 3.63) is 28.2 Å². The van der Waals surface area contributed by atoms with Crippen molar-refractivity contribution in [2.24, 2.45) is 0 Å². The maximum Gasteiger partial charge on any atom is 0.120 e. The molecule has 1 aromatic carbocycles. The number of hydrogen-bond donors (Lipinski definition) is 1. The minimum Gasteiger partial charge on any atom is -0.490 e. The minimum atomic E-state index is 0.407. The Bertz CT molecular complexity index is 411. The minimum absolute atomic E-state index is 0.407. The number of halogens is 1. The van der Waals surface area contributed by atoms with E-state index >= 15 is 0 Å². The monoisotopic (exact) mass is 339 g/mol. The van der Waals surface area contributed by atoms with Crippen LogP contribution in [0.25, 0.3) is 0 Å². The highest BCUT2D eigenvalue weighted by Gasteiger charge is 2.14. The number of rotatable bonds is 5. The Morgan fingerprint density at radius 3 is 2.55 bits per heavy atom. The largest absolute Gasteiger partial charge is 0.490 e. The molecule has 0 radical (unpaired) electrons. The summed E-state index contributed by atoms with van der Waals surface area (Å²) >= 11 is 3.62. The zero-order chi connectivity index (χ0) is 14.4. The fourth-order valence-electron chi connectivity index (χ4n) is 2.63. The number of benzene rings is 1. The first-order chi connectivity index (χ1) is 9.65. The van der Waals surface area contributed by atoms with Gasteiger partial charge in [0, 0.05) is 17.1 Å². The second-order valence-electron chi connectivity index (χ2n) is 6.02. The van der Waals surface area contributed by atoms with Gasteiger partial charge in [0.05, 0.1) is 6.10 Å². The first-order valence-corrected chi connectivity index (χ1v) is 8.63. The van der Waals surface area contributed by atoms with Crippen molar-refractivity contribution in [1.82, 2.24) is 5.32 Å². The van der Waals surface area contributed by atoms with Gasteiger partial charge >= 0.3 is 0 Å². The molecule has 3 heteroatoms. The molecule has 1 saturated carbocycles. The van der Waals surface area contributed by atoms with E-state index in [2.05, 4.69) is 53.3 Å². The van der Waals surface area contributed by atoms with E-state index in [0.29, 0.717) is 12.1 Å². The van der Waals surface area contributed by atoms with Crippen LogP contribution in [0, 0.1) is 0 Å². The predicted octanol–water partition coefficient (Wildman–Crippen LogP) is 5.05. The second kappa shape index (κ2) is 8.04. The lowest BCUT2D eigenvalue weighted by atomic mass is 10.1. The van der Waals surface area contributed by atoms with Crippen molar-refractivity contribution in [2.45, 2.75) is 71.1 Å². The summed E-state index contributed by atoms with van der Waals surface area (Å²) in [5, 5.41) is 3.46. The lowest BCUT2D eigenvalue weighted by Crippen LogP contribution is -2.22. The summed E-state index contributed by atoms with van der Waals surface area (Å²) in [7, 11) is 0. The van der Waals surface area contributed by atoms with E-state index in [4.69, 9.17) is 4.74 Å². The molecule has 1 aliphatic rings. The Morgan fingerprint density at radius 1 is 1.20 bits per heavy atom. The van der Waals surface area contributed by atoms with E-state index in [-0.39, 0.29) is 0 Å². The van der Waals surface area contributed by atoms with E-state index in [1.165, 1.54) is 44.1 Å². The Hall–Kier alpha value is -0.540. The fraction of sp³-hybridized carbons (Fsp3) is 0.647. The van der Waals surface area contributed by atoms with Gasteiger partial charge in [-0.05, 0) is 49.4 Å². The highest BCUT2D eigenvalue weighted by Crippen LogP contribution is 2.26. The van der Waals surface area contributed by atoms with Crippen LogP contribution < -0.4 is 10.1 Å². The van der Waals surface area contributed by atoms with Crippen molar-refractivity contribution in [3.8, 4) is 5.75 Å². The molecule has 0 bridgehead atoms. The smallest absolute Gasteiger partial charge is 0.120 e. The van der Waals surface area contributed by atoms with Crippen LogP contribution in [0.15, 0.2) is 22.7 Å². The van der Waals surface area contributed by atoms with Crippen LogP contribution in [0.2, 0.25) is 0 Å². The zero-order valence-electron chi connectivity index (χ0n) is 12.6. The topological polar surface area (TPSA) is 21.3 Å². The lowest BCUT2D eigenvalue weighted by molar-refractivity contribution is 0.183. The summed E-state index contributed by atoms with van der Waals surface area (Å²) in [6.07, 6.45) is 8.16. The third kappa shape index (κ3) is 5.10. The molecule has 0 aliphatic heterocycles. The standard InChI is InChI=1S/C17H26BrNO/c1-13(2)19-12-14-11-16(9-10-17(14)18)20-15-7-5-3-4-6-8-15/h9-11,13,15,19H,3-8,12H2,1-2H3. The molecule has 0 atom stereocenters. The molecule has 2 nitrogen and oxygen atoms in total. The Balaban J connectivity index is 1.98. The van der Waals surface area contributed by atoms with Crippen molar-refractivity contribution in [1.29, 1.82) is 0 Å². The van der Waals surface area contributed by atoms with Gasteiger partial charge in [0.15, 0.2) is 0 Å². The molecular formula is C17H26BrNO.